The Labute approximate surface area is 122 Å². The molecule has 1 aromatic rings. The van der Waals surface area contributed by atoms with Crippen LogP contribution in [0.2, 0.25) is 0 Å². The second kappa shape index (κ2) is 7.50. The van der Waals surface area contributed by atoms with Gasteiger partial charge in [0.25, 0.3) is 5.91 Å². The summed E-state index contributed by atoms with van der Waals surface area (Å²) >= 11 is 3.38. The van der Waals surface area contributed by atoms with Crippen LogP contribution < -0.4 is 15.8 Å². The van der Waals surface area contributed by atoms with Gasteiger partial charge in [-0.1, -0.05) is 22.9 Å². The van der Waals surface area contributed by atoms with Gasteiger partial charge in [0, 0.05) is 22.6 Å². The van der Waals surface area contributed by atoms with Gasteiger partial charge in [-0.2, -0.15) is 0 Å². The van der Waals surface area contributed by atoms with Crippen LogP contribution >= 0.6 is 15.9 Å². The molecule has 0 aromatic heterocycles. The SMILES string of the molecule is CCC(C)NC(=O)C(C)Oc1ccc(Br)cc1CN. The Morgan fingerprint density at radius 2 is 2.16 bits per heavy atom. The number of nitrogens with two attached hydrogens (primary N) is 1. The van der Waals surface area contributed by atoms with Crippen molar-refractivity contribution in [3.63, 3.8) is 0 Å². The van der Waals surface area contributed by atoms with Crippen LogP contribution in [-0.4, -0.2) is 18.1 Å². The van der Waals surface area contributed by atoms with E-state index < -0.39 is 6.10 Å². The summed E-state index contributed by atoms with van der Waals surface area (Å²) in [5.74, 6) is 0.540. The number of hydrogen-bond acceptors (Lipinski definition) is 3. The zero-order valence-corrected chi connectivity index (χ0v) is 13.2. The van der Waals surface area contributed by atoms with Crippen LogP contribution in [-0.2, 0) is 11.3 Å². The second-order valence-electron chi connectivity index (χ2n) is 4.53. The lowest BCUT2D eigenvalue weighted by molar-refractivity contribution is -0.127. The first-order valence-corrected chi connectivity index (χ1v) is 7.22. The molecule has 2 unspecified atom stereocenters. The highest BCUT2D eigenvalue weighted by molar-refractivity contribution is 9.10. The van der Waals surface area contributed by atoms with Gasteiger partial charge < -0.3 is 15.8 Å². The van der Waals surface area contributed by atoms with Gasteiger partial charge in [-0.25, -0.2) is 0 Å². The number of nitrogens with one attached hydrogen (secondary N) is 1. The summed E-state index contributed by atoms with van der Waals surface area (Å²) in [6.45, 7) is 6.10. The first kappa shape index (κ1) is 16.0. The molecule has 0 aliphatic rings. The first-order chi connectivity index (χ1) is 8.97. The second-order valence-corrected chi connectivity index (χ2v) is 5.45. The van der Waals surface area contributed by atoms with Crippen molar-refractivity contribution in [3.05, 3.63) is 28.2 Å². The largest absolute Gasteiger partial charge is 0.481 e. The molecule has 1 rings (SSSR count). The van der Waals surface area contributed by atoms with E-state index in [1.807, 2.05) is 32.0 Å². The minimum atomic E-state index is -0.541. The van der Waals surface area contributed by atoms with Crippen molar-refractivity contribution in [2.24, 2.45) is 5.73 Å². The summed E-state index contributed by atoms with van der Waals surface area (Å²) in [4.78, 5) is 11.9. The fourth-order valence-corrected chi connectivity index (χ4v) is 1.94. The molecule has 0 aliphatic heterocycles. The average Bonchev–Trinajstić information content (AvgIpc) is 2.40. The van der Waals surface area contributed by atoms with Crippen LogP contribution in [0.3, 0.4) is 0 Å². The van der Waals surface area contributed by atoms with E-state index in [2.05, 4.69) is 21.2 Å². The zero-order chi connectivity index (χ0) is 14.4. The van der Waals surface area contributed by atoms with E-state index in [9.17, 15) is 4.79 Å². The molecule has 0 saturated heterocycles. The highest BCUT2D eigenvalue weighted by atomic mass is 79.9. The summed E-state index contributed by atoms with van der Waals surface area (Å²) in [5.41, 5.74) is 6.54. The van der Waals surface area contributed by atoms with E-state index in [4.69, 9.17) is 10.5 Å². The maximum atomic E-state index is 11.9. The Hall–Kier alpha value is -1.07. The van der Waals surface area contributed by atoms with Crippen LogP contribution in [0.1, 0.15) is 32.8 Å². The molecule has 0 aliphatic carbocycles. The lowest BCUT2D eigenvalue weighted by Crippen LogP contribution is -2.41. The Bertz CT molecular complexity index is 437. The van der Waals surface area contributed by atoms with Crippen molar-refractivity contribution in [2.45, 2.75) is 45.9 Å². The fourth-order valence-electron chi connectivity index (χ4n) is 1.53. The molecule has 0 bridgehead atoms. The number of carbonyl (C=O) groups excluding carboxylic acids is 1. The monoisotopic (exact) mass is 328 g/mol. The lowest BCUT2D eigenvalue weighted by Gasteiger charge is -2.19. The van der Waals surface area contributed by atoms with Crippen molar-refractivity contribution in [3.8, 4) is 5.75 Å². The summed E-state index contributed by atoms with van der Waals surface area (Å²) in [7, 11) is 0. The fraction of sp³-hybridized carbons (Fsp3) is 0.500. The van der Waals surface area contributed by atoms with E-state index in [1.54, 1.807) is 6.92 Å². The van der Waals surface area contributed by atoms with Crippen molar-refractivity contribution in [1.82, 2.24) is 5.32 Å². The van der Waals surface area contributed by atoms with E-state index >= 15 is 0 Å². The number of carbonyl (C=O) groups is 1. The third kappa shape index (κ3) is 4.84. The number of ether oxygens (including phenoxy) is 1. The molecule has 0 heterocycles. The molecule has 0 radical (unpaired) electrons. The smallest absolute Gasteiger partial charge is 0.260 e. The number of hydrogen-bond donors (Lipinski definition) is 2. The number of amides is 1. The van der Waals surface area contributed by atoms with Gasteiger partial charge in [-0.05, 0) is 38.5 Å². The molecule has 2 atom stereocenters. The predicted molar refractivity (Wildman–Crippen MR) is 80.0 cm³/mol. The molecule has 4 nitrogen and oxygen atoms in total. The molecule has 19 heavy (non-hydrogen) atoms. The summed E-state index contributed by atoms with van der Waals surface area (Å²) in [5, 5.41) is 2.89. The lowest BCUT2D eigenvalue weighted by atomic mass is 10.2. The van der Waals surface area contributed by atoms with Crippen molar-refractivity contribution < 1.29 is 9.53 Å². The zero-order valence-electron chi connectivity index (χ0n) is 11.6. The summed E-state index contributed by atoms with van der Waals surface area (Å²) in [6.07, 6.45) is 0.352. The van der Waals surface area contributed by atoms with Crippen molar-refractivity contribution >= 4 is 21.8 Å². The molecular formula is C14H21BrN2O2. The summed E-state index contributed by atoms with van der Waals surface area (Å²) < 4.78 is 6.63. The molecule has 1 amide bonds. The van der Waals surface area contributed by atoms with Crippen molar-refractivity contribution in [1.29, 1.82) is 0 Å². The van der Waals surface area contributed by atoms with Gasteiger partial charge in [0.15, 0.2) is 6.10 Å². The Kier molecular flexibility index (Phi) is 6.31. The van der Waals surface area contributed by atoms with Crippen LogP contribution in [0.15, 0.2) is 22.7 Å². The van der Waals surface area contributed by atoms with Crippen molar-refractivity contribution in [2.75, 3.05) is 0 Å². The third-order valence-electron chi connectivity index (χ3n) is 2.92. The molecule has 1 aromatic carbocycles. The molecule has 0 saturated carbocycles. The topological polar surface area (TPSA) is 64.3 Å². The van der Waals surface area contributed by atoms with Gasteiger partial charge in [-0.15, -0.1) is 0 Å². The summed E-state index contributed by atoms with van der Waals surface area (Å²) in [6, 6.07) is 5.74. The van der Waals surface area contributed by atoms with Gasteiger partial charge >= 0.3 is 0 Å². The molecule has 3 N–H and O–H groups in total. The van der Waals surface area contributed by atoms with Crippen LogP contribution in [0.25, 0.3) is 0 Å². The van der Waals surface area contributed by atoms with Crippen LogP contribution in [0.5, 0.6) is 5.75 Å². The molecule has 0 fully saturated rings. The average molecular weight is 329 g/mol. The number of benzene rings is 1. The van der Waals surface area contributed by atoms with E-state index in [1.165, 1.54) is 0 Å². The number of halogens is 1. The molecule has 106 valence electrons. The Balaban J connectivity index is 2.71. The maximum absolute atomic E-state index is 11.9. The molecular weight excluding hydrogens is 308 g/mol. The predicted octanol–water partition coefficient (Wildman–Crippen LogP) is 2.59. The maximum Gasteiger partial charge on any atom is 0.260 e. The Morgan fingerprint density at radius 1 is 1.47 bits per heavy atom. The minimum Gasteiger partial charge on any atom is -0.481 e. The Morgan fingerprint density at radius 3 is 2.74 bits per heavy atom. The van der Waals surface area contributed by atoms with Gasteiger partial charge in [0.05, 0.1) is 0 Å². The van der Waals surface area contributed by atoms with Crippen LogP contribution in [0.4, 0.5) is 0 Å². The highest BCUT2D eigenvalue weighted by Gasteiger charge is 2.17. The first-order valence-electron chi connectivity index (χ1n) is 6.43. The number of rotatable bonds is 6. The highest BCUT2D eigenvalue weighted by Crippen LogP contribution is 2.23. The van der Waals surface area contributed by atoms with Gasteiger partial charge in [0.1, 0.15) is 5.75 Å². The van der Waals surface area contributed by atoms with Crippen LogP contribution in [0, 0.1) is 0 Å². The van der Waals surface area contributed by atoms with Gasteiger partial charge in [-0.3, -0.25) is 4.79 Å². The standard InChI is InChI=1S/C14H21BrN2O2/c1-4-9(2)17-14(18)10(3)19-13-6-5-12(15)7-11(13)8-16/h5-7,9-10H,4,8,16H2,1-3H3,(H,17,18). The van der Waals surface area contributed by atoms with E-state index in [0.29, 0.717) is 12.3 Å². The van der Waals surface area contributed by atoms with E-state index in [-0.39, 0.29) is 11.9 Å². The normalized spacial score (nSPS) is 13.7. The minimum absolute atomic E-state index is 0.111. The third-order valence-corrected chi connectivity index (χ3v) is 3.41. The van der Waals surface area contributed by atoms with Gasteiger partial charge in [0.2, 0.25) is 0 Å². The van der Waals surface area contributed by atoms with E-state index in [0.717, 1.165) is 16.5 Å². The molecule has 0 spiro atoms. The quantitative estimate of drug-likeness (QED) is 0.843. The molecule has 5 heteroatoms.